The maximum atomic E-state index is 13.2. The Labute approximate surface area is 172 Å². The number of phenols is 1. The van der Waals surface area contributed by atoms with Gasteiger partial charge in [-0.25, -0.2) is 14.8 Å². The molecule has 3 heterocycles. The van der Waals surface area contributed by atoms with Gasteiger partial charge in [0.15, 0.2) is 11.4 Å². The van der Waals surface area contributed by atoms with E-state index < -0.39 is 5.54 Å². The molecule has 8 nitrogen and oxygen atoms in total. The van der Waals surface area contributed by atoms with Crippen LogP contribution in [0.1, 0.15) is 16.8 Å². The molecule has 1 aromatic heterocycles. The van der Waals surface area contributed by atoms with Gasteiger partial charge in [-0.2, -0.15) is 0 Å². The maximum Gasteiger partial charge on any atom is 0.324 e. The highest BCUT2D eigenvalue weighted by atomic mass is 16.5. The molecule has 0 saturated carbocycles. The molecule has 1 atom stereocenters. The van der Waals surface area contributed by atoms with E-state index in [4.69, 9.17) is 4.74 Å². The van der Waals surface area contributed by atoms with E-state index in [0.29, 0.717) is 18.1 Å². The molecule has 2 amide bonds. The summed E-state index contributed by atoms with van der Waals surface area (Å²) in [7, 11) is 1.61. The van der Waals surface area contributed by atoms with Crippen molar-refractivity contribution >= 4 is 23.9 Å². The van der Waals surface area contributed by atoms with E-state index in [1.165, 1.54) is 6.34 Å². The summed E-state index contributed by atoms with van der Waals surface area (Å²) in [4.78, 5) is 27.0. The number of hydrogen-bond donors (Lipinski definition) is 3. The molecule has 2 aromatic carbocycles. The van der Waals surface area contributed by atoms with E-state index in [1.807, 2.05) is 30.3 Å². The number of amides is 2. The third-order valence-electron chi connectivity index (χ3n) is 5.41. The van der Waals surface area contributed by atoms with Crippen LogP contribution < -0.4 is 10.1 Å². The number of phenolic OH excluding ortho intramolecular Hbond substituents is 1. The smallest absolute Gasteiger partial charge is 0.324 e. The lowest BCUT2D eigenvalue weighted by molar-refractivity contribution is 0.225. The number of amidine groups is 1. The molecule has 0 aliphatic carbocycles. The average molecular weight is 401 g/mol. The second-order valence-electron chi connectivity index (χ2n) is 7.10. The highest BCUT2D eigenvalue weighted by Crippen LogP contribution is 2.42. The number of nitrogens with one attached hydrogen (secondary N) is 2. The number of benzene rings is 2. The second kappa shape index (κ2) is 6.77. The number of carbonyl (C=O) groups is 1. The van der Waals surface area contributed by atoms with E-state index >= 15 is 0 Å². The van der Waals surface area contributed by atoms with E-state index in [0.717, 1.165) is 22.6 Å². The van der Waals surface area contributed by atoms with Gasteiger partial charge in [-0.05, 0) is 41.5 Å². The Morgan fingerprint density at radius 1 is 1.10 bits per heavy atom. The van der Waals surface area contributed by atoms with Gasteiger partial charge >= 0.3 is 6.03 Å². The van der Waals surface area contributed by atoms with Gasteiger partial charge in [-0.1, -0.05) is 24.3 Å². The lowest BCUT2D eigenvalue weighted by atomic mass is 9.85. The molecule has 0 bridgehead atoms. The van der Waals surface area contributed by atoms with E-state index in [1.54, 1.807) is 42.5 Å². The minimum atomic E-state index is -1.02. The van der Waals surface area contributed by atoms with Crippen LogP contribution in [0.2, 0.25) is 0 Å². The summed E-state index contributed by atoms with van der Waals surface area (Å²) in [5, 5.41) is 12.7. The molecule has 5 rings (SSSR count). The van der Waals surface area contributed by atoms with Crippen molar-refractivity contribution in [2.75, 3.05) is 7.11 Å². The highest BCUT2D eigenvalue weighted by molar-refractivity contribution is 6.15. The number of urea groups is 1. The first kappa shape index (κ1) is 18.0. The molecule has 150 valence electrons. The quantitative estimate of drug-likeness (QED) is 0.625. The molecule has 2 aliphatic rings. The lowest BCUT2D eigenvalue weighted by Gasteiger charge is -2.29. The number of nitrogens with zero attached hydrogens (tertiary/aromatic N) is 3. The van der Waals surface area contributed by atoms with Crippen molar-refractivity contribution in [3.8, 4) is 11.5 Å². The number of H-pyrrole nitrogens is 1. The fourth-order valence-corrected chi connectivity index (χ4v) is 3.96. The highest BCUT2D eigenvalue weighted by Gasteiger charge is 2.54. The Morgan fingerprint density at radius 3 is 2.60 bits per heavy atom. The summed E-state index contributed by atoms with van der Waals surface area (Å²) in [6.07, 6.45) is 3.27. The molecule has 1 unspecified atom stereocenters. The number of aromatic nitrogens is 1. The van der Waals surface area contributed by atoms with Gasteiger partial charge in [0, 0.05) is 6.20 Å². The van der Waals surface area contributed by atoms with Gasteiger partial charge in [-0.15, -0.1) is 0 Å². The number of rotatable bonds is 4. The molecule has 8 heteroatoms. The van der Waals surface area contributed by atoms with Crippen molar-refractivity contribution < 1.29 is 14.6 Å². The van der Waals surface area contributed by atoms with Crippen molar-refractivity contribution in [3.63, 3.8) is 0 Å². The van der Waals surface area contributed by atoms with Crippen LogP contribution in [0.25, 0.3) is 0 Å². The monoisotopic (exact) mass is 401 g/mol. The van der Waals surface area contributed by atoms with Crippen molar-refractivity contribution in [2.45, 2.75) is 12.1 Å². The van der Waals surface area contributed by atoms with Crippen LogP contribution in [0.15, 0.2) is 70.8 Å². The zero-order chi connectivity index (χ0) is 20.7. The van der Waals surface area contributed by atoms with Crippen molar-refractivity contribution in [1.82, 2.24) is 15.2 Å². The molecular formula is C22H19N5O3. The second-order valence-corrected chi connectivity index (χ2v) is 7.10. The summed E-state index contributed by atoms with van der Waals surface area (Å²) in [5.41, 5.74) is 2.12. The Hall–Kier alpha value is -4.07. The first-order valence-corrected chi connectivity index (χ1v) is 9.42. The normalized spacial score (nSPS) is 19.6. The van der Waals surface area contributed by atoms with Gasteiger partial charge in [0.05, 0.1) is 25.0 Å². The SMILES string of the molecule is COc1ccc(C23NC(=O)N(Cc4ccc(O)cc4)C2=NC=Nc2cc[nH]c23)cc1. The Balaban J connectivity index is 1.65. The molecular weight excluding hydrogens is 382 g/mol. The van der Waals surface area contributed by atoms with E-state index in [9.17, 15) is 9.90 Å². The Bertz CT molecular complexity index is 1160. The first-order chi connectivity index (χ1) is 14.6. The van der Waals surface area contributed by atoms with E-state index in [-0.39, 0.29) is 11.8 Å². The van der Waals surface area contributed by atoms with Crippen LogP contribution in [0.4, 0.5) is 10.5 Å². The van der Waals surface area contributed by atoms with Gasteiger partial charge in [0.25, 0.3) is 0 Å². The molecule has 0 radical (unpaired) electrons. The summed E-state index contributed by atoms with van der Waals surface area (Å²) in [5.74, 6) is 1.42. The topological polar surface area (TPSA) is 102 Å². The fraction of sp³-hybridized carbons (Fsp3) is 0.136. The number of fused-ring (bicyclic) bond motifs is 3. The van der Waals surface area contributed by atoms with Crippen molar-refractivity contribution in [1.29, 1.82) is 0 Å². The molecule has 1 fully saturated rings. The van der Waals surface area contributed by atoms with Crippen LogP contribution >= 0.6 is 0 Å². The predicted molar refractivity (Wildman–Crippen MR) is 112 cm³/mol. The molecule has 3 N–H and O–H groups in total. The Kier molecular flexibility index (Phi) is 4.06. The zero-order valence-electron chi connectivity index (χ0n) is 16.2. The molecule has 0 spiro atoms. The van der Waals surface area contributed by atoms with Gasteiger partial charge in [0.1, 0.15) is 17.8 Å². The van der Waals surface area contributed by atoms with Crippen molar-refractivity contribution in [3.05, 3.63) is 77.6 Å². The van der Waals surface area contributed by atoms with Gasteiger partial charge in [0.2, 0.25) is 0 Å². The number of hydrogen-bond acceptors (Lipinski definition) is 5. The van der Waals surface area contributed by atoms with Crippen molar-refractivity contribution in [2.24, 2.45) is 9.98 Å². The summed E-state index contributed by atoms with van der Waals surface area (Å²) >= 11 is 0. The minimum Gasteiger partial charge on any atom is -0.508 e. The number of ether oxygens (including phenoxy) is 1. The van der Waals surface area contributed by atoms with E-state index in [2.05, 4.69) is 20.3 Å². The average Bonchev–Trinajstić information content (AvgIpc) is 3.30. The molecule has 3 aromatic rings. The third-order valence-corrected chi connectivity index (χ3v) is 5.41. The third kappa shape index (κ3) is 2.65. The van der Waals surface area contributed by atoms with Crippen LogP contribution in [-0.4, -0.2) is 40.3 Å². The number of aliphatic imine (C=N–C) groups is 2. The number of carbonyl (C=O) groups excluding carboxylic acids is 1. The fourth-order valence-electron chi connectivity index (χ4n) is 3.96. The number of aromatic hydroxyl groups is 1. The van der Waals surface area contributed by atoms with Crippen LogP contribution in [0.3, 0.4) is 0 Å². The molecule has 30 heavy (non-hydrogen) atoms. The van der Waals surface area contributed by atoms with Crippen LogP contribution in [0.5, 0.6) is 11.5 Å². The van der Waals surface area contributed by atoms with Gasteiger partial charge in [-0.3, -0.25) is 4.90 Å². The number of aromatic amines is 1. The maximum absolute atomic E-state index is 13.2. The number of methoxy groups -OCH3 is 1. The predicted octanol–water partition coefficient (Wildman–Crippen LogP) is 3.27. The Morgan fingerprint density at radius 2 is 1.87 bits per heavy atom. The minimum absolute atomic E-state index is 0.173. The standard InChI is InChI=1S/C22H19N5O3/c1-30-17-8-4-15(5-9-17)22-19-18(10-11-23-19)24-13-25-20(22)27(21(29)26-22)12-14-2-6-16(28)7-3-14/h2-11,13,23,28H,12H2,1H3,(H,26,29). The van der Waals surface area contributed by atoms with Crippen LogP contribution in [0, 0.1) is 0 Å². The zero-order valence-corrected chi connectivity index (χ0v) is 16.2. The largest absolute Gasteiger partial charge is 0.508 e. The summed E-state index contributed by atoms with van der Waals surface area (Å²) in [6, 6.07) is 15.9. The molecule has 2 aliphatic heterocycles. The first-order valence-electron chi connectivity index (χ1n) is 9.42. The summed E-state index contributed by atoms with van der Waals surface area (Å²) in [6.45, 7) is 0.298. The lowest BCUT2D eigenvalue weighted by Crippen LogP contribution is -2.45. The van der Waals surface area contributed by atoms with Crippen LogP contribution in [-0.2, 0) is 12.1 Å². The summed E-state index contributed by atoms with van der Waals surface area (Å²) < 4.78 is 5.29. The molecule has 1 saturated heterocycles. The van der Waals surface area contributed by atoms with Gasteiger partial charge < -0.3 is 20.1 Å².